The van der Waals surface area contributed by atoms with Gasteiger partial charge in [0.1, 0.15) is 17.3 Å². The topological polar surface area (TPSA) is 29.0 Å². The molecule has 96 valence electrons. The van der Waals surface area contributed by atoms with Crippen molar-refractivity contribution in [2.24, 2.45) is 0 Å². The van der Waals surface area contributed by atoms with Gasteiger partial charge in [0.15, 0.2) is 0 Å². The van der Waals surface area contributed by atoms with E-state index in [0.29, 0.717) is 5.15 Å². The molecular weight excluding hydrogens is 234 g/mol. The quantitative estimate of drug-likeness (QED) is 0.693. The Bertz CT molecular complexity index is 333. The van der Waals surface area contributed by atoms with Gasteiger partial charge in [0.05, 0.1) is 0 Å². The highest BCUT2D eigenvalue weighted by Crippen LogP contribution is 2.22. The van der Waals surface area contributed by atoms with Crippen molar-refractivity contribution in [3.05, 3.63) is 17.0 Å². The Balaban J connectivity index is 2.83. The molecule has 0 aromatic carbocycles. The van der Waals surface area contributed by atoms with E-state index < -0.39 is 0 Å². The summed E-state index contributed by atoms with van der Waals surface area (Å²) in [4.78, 5) is 10.7. The maximum Gasteiger partial charge on any atom is 0.137 e. The van der Waals surface area contributed by atoms with Crippen LogP contribution in [-0.4, -0.2) is 23.1 Å². The summed E-state index contributed by atoms with van der Waals surface area (Å²) in [6, 6.07) is 0. The number of aromatic nitrogens is 2. The number of nitrogens with zero attached hydrogens (tertiary/aromatic N) is 3. The second kappa shape index (κ2) is 7.49. The molecule has 4 heteroatoms. The van der Waals surface area contributed by atoms with Crippen molar-refractivity contribution in [2.45, 2.75) is 46.5 Å². The van der Waals surface area contributed by atoms with Gasteiger partial charge in [-0.15, -0.1) is 0 Å². The van der Waals surface area contributed by atoms with E-state index in [4.69, 9.17) is 11.6 Å². The predicted octanol–water partition coefficient (Wildman–Crippen LogP) is 3.85. The van der Waals surface area contributed by atoms with Gasteiger partial charge in [-0.3, -0.25) is 0 Å². The Kier molecular flexibility index (Phi) is 6.27. The minimum atomic E-state index is 0.563. The molecule has 1 aromatic heterocycles. The number of halogens is 1. The second-order valence-corrected chi connectivity index (χ2v) is 4.67. The van der Waals surface area contributed by atoms with E-state index in [2.05, 4.69) is 28.7 Å². The van der Waals surface area contributed by atoms with Crippen LogP contribution < -0.4 is 4.90 Å². The van der Waals surface area contributed by atoms with Gasteiger partial charge in [-0.1, -0.05) is 38.3 Å². The van der Waals surface area contributed by atoms with E-state index in [-0.39, 0.29) is 0 Å². The van der Waals surface area contributed by atoms with E-state index in [0.717, 1.165) is 24.5 Å². The number of unbranched alkanes of at least 4 members (excludes halogenated alkanes) is 2. The Morgan fingerprint density at radius 3 is 2.24 bits per heavy atom. The summed E-state index contributed by atoms with van der Waals surface area (Å²) in [5.41, 5.74) is 0.987. The smallest absolute Gasteiger partial charge is 0.137 e. The summed E-state index contributed by atoms with van der Waals surface area (Å²) in [5, 5.41) is 0.563. The van der Waals surface area contributed by atoms with Gasteiger partial charge < -0.3 is 4.90 Å². The van der Waals surface area contributed by atoms with Crippen LogP contribution in [0.25, 0.3) is 0 Å². The van der Waals surface area contributed by atoms with Crippen molar-refractivity contribution in [1.82, 2.24) is 9.97 Å². The Hall–Kier alpha value is -0.830. The van der Waals surface area contributed by atoms with E-state index in [1.54, 1.807) is 6.33 Å². The zero-order chi connectivity index (χ0) is 12.7. The average Bonchev–Trinajstić information content (AvgIpc) is 2.34. The van der Waals surface area contributed by atoms with E-state index in [1.165, 1.54) is 25.7 Å². The van der Waals surface area contributed by atoms with Gasteiger partial charge >= 0.3 is 0 Å². The minimum absolute atomic E-state index is 0.563. The fraction of sp³-hybridized carbons (Fsp3) is 0.692. The first kappa shape index (κ1) is 14.2. The third-order valence-corrected chi connectivity index (χ3v) is 3.24. The van der Waals surface area contributed by atoms with E-state index >= 15 is 0 Å². The molecule has 0 saturated heterocycles. The van der Waals surface area contributed by atoms with Gasteiger partial charge in [-0.25, -0.2) is 9.97 Å². The maximum absolute atomic E-state index is 6.05. The van der Waals surface area contributed by atoms with Gasteiger partial charge in [0.25, 0.3) is 0 Å². The molecule has 0 spiro atoms. The fourth-order valence-corrected chi connectivity index (χ4v) is 1.89. The first-order valence-corrected chi connectivity index (χ1v) is 6.80. The Morgan fingerprint density at radius 1 is 1.12 bits per heavy atom. The number of hydrogen-bond acceptors (Lipinski definition) is 3. The molecule has 0 aliphatic carbocycles. The monoisotopic (exact) mass is 255 g/mol. The van der Waals surface area contributed by atoms with Gasteiger partial charge in [0, 0.05) is 18.7 Å². The van der Waals surface area contributed by atoms with Crippen molar-refractivity contribution in [3.8, 4) is 0 Å². The van der Waals surface area contributed by atoms with Crippen LogP contribution in [0.15, 0.2) is 6.33 Å². The lowest BCUT2D eigenvalue weighted by Crippen LogP contribution is -2.27. The molecule has 0 fully saturated rings. The van der Waals surface area contributed by atoms with Crippen molar-refractivity contribution < 1.29 is 0 Å². The lowest BCUT2D eigenvalue weighted by atomic mass is 10.2. The summed E-state index contributed by atoms with van der Waals surface area (Å²) in [7, 11) is 0. The van der Waals surface area contributed by atoms with Crippen LogP contribution in [-0.2, 0) is 0 Å². The molecule has 1 aromatic rings. The maximum atomic E-state index is 6.05. The number of hydrogen-bond donors (Lipinski definition) is 0. The third kappa shape index (κ3) is 4.15. The zero-order valence-corrected chi connectivity index (χ0v) is 11.8. The molecule has 17 heavy (non-hydrogen) atoms. The Morgan fingerprint density at radius 2 is 1.71 bits per heavy atom. The molecule has 0 unspecified atom stereocenters. The Labute approximate surface area is 109 Å². The molecule has 0 saturated carbocycles. The van der Waals surface area contributed by atoms with Crippen molar-refractivity contribution >= 4 is 17.4 Å². The van der Waals surface area contributed by atoms with Crippen molar-refractivity contribution in [2.75, 3.05) is 18.0 Å². The van der Waals surface area contributed by atoms with Crippen molar-refractivity contribution in [1.29, 1.82) is 0 Å². The highest BCUT2D eigenvalue weighted by atomic mass is 35.5. The van der Waals surface area contributed by atoms with Crippen LogP contribution in [0.4, 0.5) is 5.82 Å². The van der Waals surface area contributed by atoms with Crippen LogP contribution >= 0.6 is 11.6 Å². The molecule has 3 nitrogen and oxygen atoms in total. The van der Waals surface area contributed by atoms with Crippen LogP contribution in [0.5, 0.6) is 0 Å². The number of rotatable bonds is 7. The molecule has 0 aliphatic heterocycles. The summed E-state index contributed by atoms with van der Waals surface area (Å²) >= 11 is 6.05. The molecule has 1 rings (SSSR count). The predicted molar refractivity (Wildman–Crippen MR) is 73.8 cm³/mol. The van der Waals surface area contributed by atoms with Crippen LogP contribution in [0.1, 0.15) is 45.1 Å². The molecular formula is C13H22ClN3. The second-order valence-electron chi connectivity index (χ2n) is 4.31. The highest BCUT2D eigenvalue weighted by Gasteiger charge is 2.12. The minimum Gasteiger partial charge on any atom is -0.356 e. The highest BCUT2D eigenvalue weighted by molar-refractivity contribution is 6.30. The third-order valence-electron chi connectivity index (χ3n) is 2.86. The number of anilines is 1. The van der Waals surface area contributed by atoms with E-state index in [9.17, 15) is 0 Å². The van der Waals surface area contributed by atoms with Gasteiger partial charge in [-0.2, -0.15) is 0 Å². The molecule has 0 aliphatic rings. The average molecular weight is 256 g/mol. The van der Waals surface area contributed by atoms with Crippen LogP contribution in [0, 0.1) is 6.92 Å². The van der Waals surface area contributed by atoms with Crippen molar-refractivity contribution in [3.63, 3.8) is 0 Å². The van der Waals surface area contributed by atoms with Crippen LogP contribution in [0.2, 0.25) is 5.15 Å². The first-order valence-electron chi connectivity index (χ1n) is 6.42. The first-order chi connectivity index (χ1) is 8.20. The summed E-state index contributed by atoms with van der Waals surface area (Å²) in [6.45, 7) is 8.49. The van der Waals surface area contributed by atoms with Gasteiger partial charge in [0.2, 0.25) is 0 Å². The zero-order valence-electron chi connectivity index (χ0n) is 11.0. The molecule has 0 amide bonds. The lowest BCUT2D eigenvalue weighted by Gasteiger charge is -2.25. The summed E-state index contributed by atoms with van der Waals surface area (Å²) in [5.74, 6) is 0.993. The van der Waals surface area contributed by atoms with E-state index in [1.807, 2.05) is 6.92 Å². The SMILES string of the molecule is CCCCN(CCCC)c1ncnc(Cl)c1C. The van der Waals surface area contributed by atoms with Gasteiger partial charge in [-0.05, 0) is 19.8 Å². The van der Waals surface area contributed by atoms with Crippen LogP contribution in [0.3, 0.4) is 0 Å². The molecule has 0 N–H and O–H groups in total. The lowest BCUT2D eigenvalue weighted by molar-refractivity contribution is 0.668. The molecule has 0 radical (unpaired) electrons. The fourth-order valence-electron chi connectivity index (χ4n) is 1.76. The molecule has 0 bridgehead atoms. The molecule has 1 heterocycles. The standard InChI is InChI=1S/C13H22ClN3/c1-4-6-8-17(9-7-5-2)13-11(3)12(14)15-10-16-13/h10H,4-9H2,1-3H3. The summed E-state index contributed by atoms with van der Waals surface area (Å²) in [6.07, 6.45) is 6.31. The molecule has 0 atom stereocenters. The normalized spacial score (nSPS) is 10.6. The summed E-state index contributed by atoms with van der Waals surface area (Å²) < 4.78 is 0. The largest absolute Gasteiger partial charge is 0.356 e.